The number of sulfone groups is 1. The number of nitrogens with one attached hydrogen (secondary N) is 1. The fraction of sp³-hybridized carbons (Fsp3) is 0.733. The van der Waals surface area contributed by atoms with Gasteiger partial charge in [-0.15, -0.1) is 24.0 Å². The molecule has 1 aromatic rings. The molecule has 25 heavy (non-hydrogen) atoms. The summed E-state index contributed by atoms with van der Waals surface area (Å²) in [5, 5.41) is 7.37. The van der Waals surface area contributed by atoms with Crippen molar-refractivity contribution in [3.63, 3.8) is 0 Å². The van der Waals surface area contributed by atoms with Gasteiger partial charge in [0.2, 0.25) is 0 Å². The molecule has 2 heterocycles. The first-order valence-corrected chi connectivity index (χ1v) is 9.78. The van der Waals surface area contributed by atoms with Gasteiger partial charge in [0.1, 0.15) is 6.10 Å². The summed E-state index contributed by atoms with van der Waals surface area (Å²) in [5.74, 6) is 0.684. The molecular formula is C15H28IN5O3S. The first-order valence-electron chi connectivity index (χ1n) is 7.89. The van der Waals surface area contributed by atoms with E-state index in [1.807, 2.05) is 13.2 Å². The van der Waals surface area contributed by atoms with Crippen LogP contribution in [0.3, 0.4) is 0 Å². The minimum absolute atomic E-state index is 0. The Hall–Kier alpha value is -0.880. The highest BCUT2D eigenvalue weighted by molar-refractivity contribution is 14.0. The van der Waals surface area contributed by atoms with Gasteiger partial charge in [-0.05, 0) is 13.8 Å². The van der Waals surface area contributed by atoms with Crippen LogP contribution in [0.1, 0.15) is 25.5 Å². The summed E-state index contributed by atoms with van der Waals surface area (Å²) >= 11 is 0. The molecule has 0 spiro atoms. The normalized spacial score (nSPS) is 19.5. The zero-order chi connectivity index (χ0) is 18.0. The number of guanidine groups is 1. The van der Waals surface area contributed by atoms with Crippen LogP contribution in [0.15, 0.2) is 17.4 Å². The molecule has 0 bridgehead atoms. The molecule has 1 aromatic heterocycles. The van der Waals surface area contributed by atoms with E-state index in [1.54, 1.807) is 31.8 Å². The number of morpholine rings is 1. The molecule has 144 valence electrons. The van der Waals surface area contributed by atoms with Crippen LogP contribution in [0.2, 0.25) is 0 Å². The van der Waals surface area contributed by atoms with Crippen LogP contribution in [-0.4, -0.2) is 73.3 Å². The number of halogens is 1. The summed E-state index contributed by atoms with van der Waals surface area (Å²) in [6.07, 6.45) is 4.92. The van der Waals surface area contributed by atoms with Crippen LogP contribution in [0, 0.1) is 0 Å². The van der Waals surface area contributed by atoms with Crippen LogP contribution in [0.5, 0.6) is 0 Å². The maximum atomic E-state index is 11.8. The van der Waals surface area contributed by atoms with E-state index in [1.165, 1.54) is 6.26 Å². The third-order valence-electron chi connectivity index (χ3n) is 4.35. The summed E-state index contributed by atoms with van der Waals surface area (Å²) in [4.78, 5) is 6.37. The summed E-state index contributed by atoms with van der Waals surface area (Å²) in [6.45, 7) is 5.64. The van der Waals surface area contributed by atoms with Crippen LogP contribution >= 0.6 is 24.0 Å². The number of aromatic nitrogens is 2. The molecule has 1 saturated heterocycles. The lowest BCUT2D eigenvalue weighted by molar-refractivity contribution is -0.00804. The summed E-state index contributed by atoms with van der Waals surface area (Å²) in [5.41, 5.74) is 1.02. The van der Waals surface area contributed by atoms with E-state index >= 15 is 0 Å². The Morgan fingerprint density at radius 3 is 2.72 bits per heavy atom. The predicted octanol–water partition coefficient (Wildman–Crippen LogP) is 0.810. The lowest BCUT2D eigenvalue weighted by Crippen LogP contribution is -2.52. The highest BCUT2D eigenvalue weighted by atomic mass is 127. The van der Waals surface area contributed by atoms with E-state index in [9.17, 15) is 8.42 Å². The van der Waals surface area contributed by atoms with Gasteiger partial charge >= 0.3 is 0 Å². The fourth-order valence-electron chi connectivity index (χ4n) is 2.41. The summed E-state index contributed by atoms with van der Waals surface area (Å²) in [6, 6.07) is 0. The quantitative estimate of drug-likeness (QED) is 0.386. The highest BCUT2D eigenvalue weighted by Crippen LogP contribution is 2.22. The lowest BCUT2D eigenvalue weighted by Gasteiger charge is -2.35. The zero-order valence-electron chi connectivity index (χ0n) is 15.4. The molecule has 0 amide bonds. The van der Waals surface area contributed by atoms with Crippen molar-refractivity contribution in [1.29, 1.82) is 0 Å². The molecule has 8 nitrogen and oxygen atoms in total. The van der Waals surface area contributed by atoms with E-state index in [4.69, 9.17) is 4.74 Å². The van der Waals surface area contributed by atoms with Gasteiger partial charge in [-0.1, -0.05) is 0 Å². The smallest absolute Gasteiger partial charge is 0.193 e. The second-order valence-corrected chi connectivity index (χ2v) is 9.33. The lowest BCUT2D eigenvalue weighted by atomic mass is 10.1. The summed E-state index contributed by atoms with van der Waals surface area (Å²) < 4.78 is 30.4. The summed E-state index contributed by atoms with van der Waals surface area (Å²) in [7, 11) is 0.412. The Bertz CT molecular complexity index is 702. The molecule has 2 rings (SSSR count). The van der Waals surface area contributed by atoms with E-state index in [0.717, 1.165) is 5.56 Å². The van der Waals surface area contributed by atoms with E-state index < -0.39 is 14.6 Å². The first-order chi connectivity index (χ1) is 11.1. The van der Waals surface area contributed by atoms with Gasteiger partial charge in [-0.2, -0.15) is 5.10 Å². The topological polar surface area (TPSA) is 88.8 Å². The third-order valence-corrected chi connectivity index (χ3v) is 6.50. The molecule has 1 fully saturated rings. The van der Waals surface area contributed by atoms with Crippen molar-refractivity contribution >= 4 is 39.8 Å². The molecule has 1 unspecified atom stereocenters. The van der Waals surface area contributed by atoms with Crippen LogP contribution in [0.4, 0.5) is 0 Å². The van der Waals surface area contributed by atoms with Crippen molar-refractivity contribution < 1.29 is 13.2 Å². The van der Waals surface area contributed by atoms with Crippen molar-refractivity contribution in [1.82, 2.24) is 20.0 Å². The number of hydrogen-bond donors (Lipinski definition) is 1. The van der Waals surface area contributed by atoms with Crippen molar-refractivity contribution in [2.45, 2.75) is 24.7 Å². The van der Waals surface area contributed by atoms with E-state index in [-0.39, 0.29) is 30.1 Å². The Kier molecular flexibility index (Phi) is 7.69. The van der Waals surface area contributed by atoms with Crippen molar-refractivity contribution in [2.75, 3.05) is 39.5 Å². The molecule has 1 aliphatic heterocycles. The van der Waals surface area contributed by atoms with Gasteiger partial charge in [0, 0.05) is 45.2 Å². The number of nitrogens with zero attached hydrogens (tertiary/aromatic N) is 4. The van der Waals surface area contributed by atoms with E-state index in [2.05, 4.69) is 20.3 Å². The van der Waals surface area contributed by atoms with Gasteiger partial charge in [-0.3, -0.25) is 9.67 Å². The zero-order valence-corrected chi connectivity index (χ0v) is 18.5. The molecular weight excluding hydrogens is 457 g/mol. The fourth-order valence-corrected chi connectivity index (χ4v) is 2.74. The Morgan fingerprint density at radius 2 is 2.20 bits per heavy atom. The minimum atomic E-state index is -3.16. The SMILES string of the molecule is CN=C(NCC(C)(C)S(C)(=O)=O)N1CCOC(c2cnn(C)c2)C1.I. The second kappa shape index (κ2) is 8.67. The average molecular weight is 485 g/mol. The monoisotopic (exact) mass is 485 g/mol. The number of hydrogen-bond acceptors (Lipinski definition) is 5. The first kappa shape index (κ1) is 22.2. The van der Waals surface area contributed by atoms with Crippen molar-refractivity contribution in [3.05, 3.63) is 18.0 Å². The van der Waals surface area contributed by atoms with Gasteiger partial charge in [-0.25, -0.2) is 8.42 Å². The number of rotatable bonds is 4. The highest BCUT2D eigenvalue weighted by Gasteiger charge is 2.31. The standard InChI is InChI=1S/C15H27N5O3S.HI/c1-15(2,24(5,21)22)11-17-14(16-3)20-6-7-23-13(10-20)12-8-18-19(4)9-12;/h8-9,13H,6-7,10-11H2,1-5H3,(H,16,17);1H. The van der Waals surface area contributed by atoms with Gasteiger partial charge < -0.3 is 15.0 Å². The molecule has 0 aliphatic carbocycles. The molecule has 0 saturated carbocycles. The van der Waals surface area contributed by atoms with Crippen LogP contribution in [0.25, 0.3) is 0 Å². The second-order valence-electron chi connectivity index (χ2n) is 6.69. The van der Waals surface area contributed by atoms with Gasteiger partial charge in [0.05, 0.1) is 24.1 Å². The third kappa shape index (κ3) is 5.55. The number of aryl methyl sites for hydroxylation is 1. The maximum Gasteiger partial charge on any atom is 0.193 e. The molecule has 1 atom stereocenters. The van der Waals surface area contributed by atoms with Gasteiger partial charge in [0.25, 0.3) is 0 Å². The number of aliphatic imine (C=N–C) groups is 1. The van der Waals surface area contributed by atoms with E-state index in [0.29, 0.717) is 32.2 Å². The van der Waals surface area contributed by atoms with Crippen LogP contribution < -0.4 is 5.32 Å². The molecule has 1 N–H and O–H groups in total. The Morgan fingerprint density at radius 1 is 1.52 bits per heavy atom. The van der Waals surface area contributed by atoms with Crippen molar-refractivity contribution in [3.8, 4) is 0 Å². The largest absolute Gasteiger partial charge is 0.370 e. The molecule has 0 radical (unpaired) electrons. The minimum Gasteiger partial charge on any atom is -0.370 e. The average Bonchev–Trinajstić information content (AvgIpc) is 2.93. The number of ether oxygens (including phenoxy) is 1. The van der Waals surface area contributed by atoms with Crippen molar-refractivity contribution in [2.24, 2.45) is 12.0 Å². The Balaban J connectivity index is 0.00000312. The van der Waals surface area contributed by atoms with Crippen LogP contribution in [-0.2, 0) is 21.6 Å². The Labute approximate surface area is 166 Å². The van der Waals surface area contributed by atoms with Gasteiger partial charge in [0.15, 0.2) is 15.8 Å². The predicted molar refractivity (Wildman–Crippen MR) is 109 cm³/mol. The maximum absolute atomic E-state index is 11.8. The molecule has 10 heteroatoms. The molecule has 1 aliphatic rings. The molecule has 0 aromatic carbocycles.